The van der Waals surface area contributed by atoms with Gasteiger partial charge in [0.05, 0.1) is 0 Å². The molecule has 1 aromatic heterocycles. The van der Waals surface area contributed by atoms with Gasteiger partial charge in [-0.1, -0.05) is 30.3 Å². The number of rotatable bonds is 3. The lowest BCUT2D eigenvalue weighted by Crippen LogP contribution is -2.02. The summed E-state index contributed by atoms with van der Waals surface area (Å²) in [5.41, 5.74) is 2.01. The van der Waals surface area contributed by atoms with E-state index < -0.39 is 5.82 Å². The number of carbonyl (C=O) groups is 1. The fraction of sp³-hybridized carbons (Fsp3) is 0.167. The van der Waals surface area contributed by atoms with Crippen LogP contribution in [0.1, 0.15) is 35.8 Å². The number of hydrogen-bond acceptors (Lipinski definition) is 1. The number of aromatic nitrogens is 1. The van der Waals surface area contributed by atoms with Crippen LogP contribution in [0.5, 0.6) is 0 Å². The van der Waals surface area contributed by atoms with Gasteiger partial charge < -0.3 is 4.57 Å². The summed E-state index contributed by atoms with van der Waals surface area (Å²) >= 11 is 0. The molecule has 0 atom stereocenters. The highest BCUT2D eigenvalue weighted by Crippen LogP contribution is 2.26. The summed E-state index contributed by atoms with van der Waals surface area (Å²) in [6, 6.07) is 13.9. The van der Waals surface area contributed by atoms with Crippen LogP contribution in [0, 0.1) is 5.82 Å². The molecule has 2 aromatic carbocycles. The van der Waals surface area contributed by atoms with E-state index in [1.165, 1.54) is 12.1 Å². The highest BCUT2D eigenvalue weighted by molar-refractivity contribution is 6.16. The third-order valence-electron chi connectivity index (χ3n) is 3.63. The molecule has 2 nitrogen and oxygen atoms in total. The topological polar surface area (TPSA) is 22.0 Å². The summed E-state index contributed by atoms with van der Waals surface area (Å²) in [6.07, 6.45) is 1.86. The summed E-state index contributed by atoms with van der Waals surface area (Å²) in [5.74, 6) is -0.543. The maximum atomic E-state index is 13.3. The highest BCUT2D eigenvalue weighted by atomic mass is 19.1. The molecule has 0 spiro atoms. The van der Waals surface area contributed by atoms with E-state index in [4.69, 9.17) is 0 Å². The fourth-order valence-electron chi connectivity index (χ4n) is 2.60. The van der Waals surface area contributed by atoms with Crippen molar-refractivity contribution >= 4 is 16.7 Å². The normalized spacial score (nSPS) is 11.2. The van der Waals surface area contributed by atoms with Crippen LogP contribution < -0.4 is 0 Å². The molecule has 3 aromatic rings. The van der Waals surface area contributed by atoms with Gasteiger partial charge in [-0.25, -0.2) is 4.39 Å². The standard InChI is InChI=1S/C18H16FNO/c1-12(2)20-11-16(15-8-3-4-9-17(15)20)18(21)13-6-5-7-14(19)10-13/h3-12H,1-2H3. The van der Waals surface area contributed by atoms with E-state index in [0.717, 1.165) is 10.9 Å². The summed E-state index contributed by atoms with van der Waals surface area (Å²) in [6.45, 7) is 4.14. The Balaban J connectivity index is 2.19. The molecule has 0 aliphatic carbocycles. The van der Waals surface area contributed by atoms with Gasteiger partial charge in [-0.3, -0.25) is 4.79 Å². The quantitative estimate of drug-likeness (QED) is 0.643. The first-order valence-electron chi connectivity index (χ1n) is 6.98. The molecule has 0 N–H and O–H groups in total. The van der Waals surface area contributed by atoms with Crippen LogP contribution in [-0.2, 0) is 0 Å². The summed E-state index contributed by atoms with van der Waals surface area (Å²) in [4.78, 5) is 12.7. The number of nitrogens with zero attached hydrogens (tertiary/aromatic N) is 1. The van der Waals surface area contributed by atoms with Crippen molar-refractivity contribution in [3.05, 3.63) is 71.7 Å². The molecular weight excluding hydrogens is 265 g/mol. The summed E-state index contributed by atoms with van der Waals surface area (Å²) in [5, 5.41) is 0.903. The van der Waals surface area contributed by atoms with E-state index in [0.29, 0.717) is 11.1 Å². The van der Waals surface area contributed by atoms with Crippen LogP contribution in [-0.4, -0.2) is 10.4 Å². The van der Waals surface area contributed by atoms with Gasteiger partial charge in [-0.05, 0) is 32.0 Å². The lowest BCUT2D eigenvalue weighted by atomic mass is 10.0. The van der Waals surface area contributed by atoms with Crippen molar-refractivity contribution in [2.24, 2.45) is 0 Å². The third-order valence-corrected chi connectivity index (χ3v) is 3.63. The van der Waals surface area contributed by atoms with Crippen molar-refractivity contribution < 1.29 is 9.18 Å². The number of ketones is 1. The van der Waals surface area contributed by atoms with Gasteiger partial charge >= 0.3 is 0 Å². The van der Waals surface area contributed by atoms with E-state index in [2.05, 4.69) is 18.4 Å². The van der Waals surface area contributed by atoms with Gasteiger partial charge in [0.1, 0.15) is 5.82 Å². The second-order valence-corrected chi connectivity index (χ2v) is 5.40. The van der Waals surface area contributed by atoms with Crippen molar-refractivity contribution in [3.8, 4) is 0 Å². The molecule has 21 heavy (non-hydrogen) atoms. The first-order chi connectivity index (χ1) is 10.1. The Hall–Kier alpha value is -2.42. The molecule has 0 saturated carbocycles. The smallest absolute Gasteiger partial charge is 0.195 e. The maximum absolute atomic E-state index is 13.3. The van der Waals surface area contributed by atoms with Gasteiger partial charge in [-0.2, -0.15) is 0 Å². The molecule has 106 valence electrons. The van der Waals surface area contributed by atoms with Crippen molar-refractivity contribution in [2.75, 3.05) is 0 Å². The fourth-order valence-corrected chi connectivity index (χ4v) is 2.60. The Morgan fingerprint density at radius 1 is 1.10 bits per heavy atom. The van der Waals surface area contributed by atoms with Gasteiger partial charge in [0.25, 0.3) is 0 Å². The Labute approximate surface area is 122 Å². The van der Waals surface area contributed by atoms with E-state index in [-0.39, 0.29) is 11.8 Å². The van der Waals surface area contributed by atoms with Crippen LogP contribution >= 0.6 is 0 Å². The minimum atomic E-state index is -0.395. The molecule has 0 fully saturated rings. The first-order valence-corrected chi connectivity index (χ1v) is 6.98. The molecule has 0 bridgehead atoms. The third kappa shape index (κ3) is 2.35. The molecule has 3 rings (SSSR count). The number of para-hydroxylation sites is 1. The SMILES string of the molecule is CC(C)n1cc(C(=O)c2cccc(F)c2)c2ccccc21. The minimum absolute atomic E-state index is 0.148. The van der Waals surface area contributed by atoms with Crippen molar-refractivity contribution in [1.29, 1.82) is 0 Å². The maximum Gasteiger partial charge on any atom is 0.195 e. The predicted molar refractivity (Wildman–Crippen MR) is 82.2 cm³/mol. The number of fused-ring (bicyclic) bond motifs is 1. The molecule has 0 amide bonds. The van der Waals surface area contributed by atoms with Crippen LogP contribution in [0.25, 0.3) is 10.9 Å². The van der Waals surface area contributed by atoms with E-state index in [1.807, 2.05) is 30.5 Å². The van der Waals surface area contributed by atoms with Crippen LogP contribution in [0.4, 0.5) is 4.39 Å². The first kappa shape index (κ1) is 13.6. The van der Waals surface area contributed by atoms with Crippen LogP contribution in [0.15, 0.2) is 54.7 Å². The molecule has 3 heteroatoms. The van der Waals surface area contributed by atoms with Crippen molar-refractivity contribution in [3.63, 3.8) is 0 Å². The molecule has 0 aliphatic heterocycles. The second kappa shape index (κ2) is 5.17. The average Bonchev–Trinajstić information content (AvgIpc) is 2.86. The monoisotopic (exact) mass is 281 g/mol. The Morgan fingerprint density at radius 3 is 2.57 bits per heavy atom. The Kier molecular flexibility index (Phi) is 3.34. The van der Waals surface area contributed by atoms with Crippen molar-refractivity contribution in [1.82, 2.24) is 4.57 Å². The molecular formula is C18H16FNO. The molecule has 0 saturated heterocycles. The largest absolute Gasteiger partial charge is 0.344 e. The van der Waals surface area contributed by atoms with E-state index in [1.54, 1.807) is 12.1 Å². The van der Waals surface area contributed by atoms with Gasteiger partial charge in [-0.15, -0.1) is 0 Å². The van der Waals surface area contributed by atoms with Crippen LogP contribution in [0.2, 0.25) is 0 Å². The number of carbonyl (C=O) groups excluding carboxylic acids is 1. The molecule has 0 radical (unpaired) electrons. The van der Waals surface area contributed by atoms with Crippen molar-refractivity contribution in [2.45, 2.75) is 19.9 Å². The van der Waals surface area contributed by atoms with Gasteiger partial charge in [0.15, 0.2) is 5.78 Å². The molecule has 0 aliphatic rings. The summed E-state index contributed by atoms with van der Waals surface area (Å²) < 4.78 is 15.4. The van der Waals surface area contributed by atoms with Gasteiger partial charge in [0.2, 0.25) is 0 Å². The van der Waals surface area contributed by atoms with Crippen LogP contribution in [0.3, 0.4) is 0 Å². The Morgan fingerprint density at radius 2 is 1.86 bits per heavy atom. The van der Waals surface area contributed by atoms with E-state index >= 15 is 0 Å². The lowest BCUT2D eigenvalue weighted by molar-refractivity contribution is 0.103. The van der Waals surface area contributed by atoms with E-state index in [9.17, 15) is 9.18 Å². The number of benzene rings is 2. The minimum Gasteiger partial charge on any atom is -0.344 e. The zero-order valence-electron chi connectivity index (χ0n) is 12.0. The summed E-state index contributed by atoms with van der Waals surface area (Å²) in [7, 11) is 0. The zero-order chi connectivity index (χ0) is 15.0. The Bertz CT molecular complexity index is 817. The zero-order valence-corrected chi connectivity index (χ0v) is 12.0. The number of hydrogen-bond donors (Lipinski definition) is 0. The predicted octanol–water partition coefficient (Wildman–Crippen LogP) is 4.59. The molecule has 1 heterocycles. The second-order valence-electron chi connectivity index (χ2n) is 5.40. The number of halogens is 1. The van der Waals surface area contributed by atoms with Gasteiger partial charge in [0, 0.05) is 34.3 Å². The highest BCUT2D eigenvalue weighted by Gasteiger charge is 2.17. The molecule has 0 unspecified atom stereocenters. The lowest BCUT2D eigenvalue weighted by Gasteiger charge is -2.08. The average molecular weight is 281 g/mol.